The summed E-state index contributed by atoms with van der Waals surface area (Å²) in [6, 6.07) is 0. The third-order valence-corrected chi connectivity index (χ3v) is 2.74. The van der Waals surface area contributed by atoms with Gasteiger partial charge >= 0.3 is 0 Å². The average molecular weight is 225 g/mol. The number of hydrogen-bond donors (Lipinski definition) is 1. The summed E-state index contributed by atoms with van der Waals surface area (Å²) in [5.41, 5.74) is 0. The van der Waals surface area contributed by atoms with Gasteiger partial charge in [0.15, 0.2) is 0 Å². The molecule has 16 heavy (non-hydrogen) atoms. The Morgan fingerprint density at radius 2 is 2.56 bits per heavy atom. The highest BCUT2D eigenvalue weighted by Gasteiger charge is 2.16. The number of nitrogens with zero attached hydrogens (tertiary/aromatic N) is 4. The zero-order valence-corrected chi connectivity index (χ0v) is 9.89. The molecule has 1 aromatic rings. The van der Waals surface area contributed by atoms with E-state index in [-0.39, 0.29) is 6.10 Å². The maximum atomic E-state index is 5.65. The lowest BCUT2D eigenvalue weighted by Gasteiger charge is -2.27. The fourth-order valence-electron chi connectivity index (χ4n) is 1.84. The number of likely N-dealkylation sites (N-methyl/N-ethyl adjacent to an activating group) is 1. The number of nitrogens with one attached hydrogen (secondary N) is 1. The Balaban J connectivity index is 1.79. The highest BCUT2D eigenvalue weighted by Crippen LogP contribution is 2.02. The molecule has 1 aliphatic heterocycles. The van der Waals surface area contributed by atoms with E-state index >= 15 is 0 Å². The van der Waals surface area contributed by atoms with Crippen molar-refractivity contribution in [3.8, 4) is 0 Å². The van der Waals surface area contributed by atoms with Crippen LogP contribution >= 0.6 is 0 Å². The molecule has 0 amide bonds. The molecule has 0 saturated carbocycles. The lowest BCUT2D eigenvalue weighted by Crippen LogP contribution is -2.44. The van der Waals surface area contributed by atoms with Crippen LogP contribution in [-0.4, -0.2) is 59.1 Å². The fraction of sp³-hybridized carbons (Fsp3) is 0.800. The summed E-state index contributed by atoms with van der Waals surface area (Å²) in [5.74, 6) is 0.978. The first-order valence-corrected chi connectivity index (χ1v) is 5.59. The van der Waals surface area contributed by atoms with Gasteiger partial charge in [-0.3, -0.25) is 4.90 Å². The van der Waals surface area contributed by atoms with Crippen molar-refractivity contribution in [3.05, 3.63) is 12.2 Å². The summed E-state index contributed by atoms with van der Waals surface area (Å²) in [6.45, 7) is 4.42. The molecule has 1 unspecified atom stereocenters. The number of aryl methyl sites for hydroxylation is 1. The van der Waals surface area contributed by atoms with E-state index in [9.17, 15) is 0 Å². The van der Waals surface area contributed by atoms with Crippen molar-refractivity contribution in [2.75, 3.05) is 33.3 Å². The standard InChI is InChI=1S/C10H19N5O/c1-14(6-9-5-11-3-4-16-9)7-10-13-12-8-15(10)2/h8-9,11H,3-7H2,1-2H3. The van der Waals surface area contributed by atoms with Gasteiger partial charge in [-0.05, 0) is 7.05 Å². The van der Waals surface area contributed by atoms with E-state index in [4.69, 9.17) is 4.74 Å². The molecule has 1 aromatic heterocycles. The monoisotopic (exact) mass is 225 g/mol. The SMILES string of the molecule is CN(Cc1nncn1C)CC1CNCCO1. The van der Waals surface area contributed by atoms with Gasteiger partial charge in [0.05, 0.1) is 19.3 Å². The molecular weight excluding hydrogens is 206 g/mol. The molecule has 90 valence electrons. The quantitative estimate of drug-likeness (QED) is 0.729. The first-order valence-electron chi connectivity index (χ1n) is 5.59. The van der Waals surface area contributed by atoms with Gasteiger partial charge in [0.1, 0.15) is 12.2 Å². The number of hydrogen-bond acceptors (Lipinski definition) is 5. The third kappa shape index (κ3) is 3.01. The molecule has 1 atom stereocenters. The third-order valence-electron chi connectivity index (χ3n) is 2.74. The van der Waals surface area contributed by atoms with E-state index in [1.807, 2.05) is 11.6 Å². The summed E-state index contributed by atoms with van der Waals surface area (Å²) in [6.07, 6.45) is 2.01. The molecule has 0 spiro atoms. The second-order valence-corrected chi connectivity index (χ2v) is 4.25. The molecule has 2 heterocycles. The van der Waals surface area contributed by atoms with Crippen LogP contribution in [0.5, 0.6) is 0 Å². The summed E-state index contributed by atoms with van der Waals surface area (Å²) in [5, 5.41) is 11.3. The Morgan fingerprint density at radius 3 is 3.19 bits per heavy atom. The van der Waals surface area contributed by atoms with Gasteiger partial charge in [-0.2, -0.15) is 0 Å². The molecule has 0 aromatic carbocycles. The van der Waals surface area contributed by atoms with E-state index in [2.05, 4.69) is 27.5 Å². The van der Waals surface area contributed by atoms with Gasteiger partial charge in [0.2, 0.25) is 0 Å². The van der Waals surface area contributed by atoms with Crippen molar-refractivity contribution in [1.29, 1.82) is 0 Å². The maximum Gasteiger partial charge on any atom is 0.146 e. The van der Waals surface area contributed by atoms with E-state index in [1.54, 1.807) is 6.33 Å². The van der Waals surface area contributed by atoms with E-state index in [1.165, 1.54) is 0 Å². The molecule has 0 bridgehead atoms. The minimum absolute atomic E-state index is 0.284. The van der Waals surface area contributed by atoms with Crippen molar-refractivity contribution in [3.63, 3.8) is 0 Å². The van der Waals surface area contributed by atoms with Gasteiger partial charge in [-0.1, -0.05) is 0 Å². The summed E-state index contributed by atoms with van der Waals surface area (Å²) >= 11 is 0. The molecule has 6 heteroatoms. The first kappa shape index (κ1) is 11.5. The highest BCUT2D eigenvalue weighted by atomic mass is 16.5. The van der Waals surface area contributed by atoms with Crippen LogP contribution in [0.1, 0.15) is 5.82 Å². The van der Waals surface area contributed by atoms with Gasteiger partial charge in [-0.15, -0.1) is 10.2 Å². The van der Waals surface area contributed by atoms with Crippen LogP contribution < -0.4 is 5.32 Å². The predicted octanol–water partition coefficient (Wildman–Crippen LogP) is -0.765. The zero-order chi connectivity index (χ0) is 11.4. The Labute approximate surface area is 95.6 Å². The number of ether oxygens (including phenoxy) is 1. The molecule has 1 aliphatic rings. The summed E-state index contributed by atoms with van der Waals surface area (Å²) in [4.78, 5) is 2.21. The van der Waals surface area contributed by atoms with Crippen LogP contribution in [-0.2, 0) is 18.3 Å². The molecule has 1 saturated heterocycles. The molecular formula is C10H19N5O. The van der Waals surface area contributed by atoms with Crippen LogP contribution in [0.2, 0.25) is 0 Å². The van der Waals surface area contributed by atoms with Crippen LogP contribution in [0.4, 0.5) is 0 Å². The van der Waals surface area contributed by atoms with Crippen molar-refractivity contribution in [2.24, 2.45) is 7.05 Å². The molecule has 1 fully saturated rings. The van der Waals surface area contributed by atoms with Crippen LogP contribution in [0.15, 0.2) is 6.33 Å². The molecule has 0 radical (unpaired) electrons. The Morgan fingerprint density at radius 1 is 1.69 bits per heavy atom. The number of morpholine rings is 1. The zero-order valence-electron chi connectivity index (χ0n) is 9.89. The minimum atomic E-state index is 0.284. The second kappa shape index (κ2) is 5.38. The largest absolute Gasteiger partial charge is 0.374 e. The Hall–Kier alpha value is -0.980. The normalized spacial score (nSPS) is 21.6. The van der Waals surface area contributed by atoms with Crippen molar-refractivity contribution in [1.82, 2.24) is 25.0 Å². The van der Waals surface area contributed by atoms with E-state index in [0.717, 1.165) is 38.6 Å². The smallest absolute Gasteiger partial charge is 0.146 e. The lowest BCUT2D eigenvalue weighted by molar-refractivity contribution is 0.00836. The topological polar surface area (TPSA) is 55.2 Å². The van der Waals surface area contributed by atoms with Crippen LogP contribution in [0.25, 0.3) is 0 Å². The summed E-state index contributed by atoms with van der Waals surface area (Å²) in [7, 11) is 4.04. The molecule has 0 aliphatic carbocycles. The molecule has 2 rings (SSSR count). The van der Waals surface area contributed by atoms with Gasteiger partial charge in [0, 0.05) is 26.7 Å². The van der Waals surface area contributed by atoms with Gasteiger partial charge in [0.25, 0.3) is 0 Å². The Bertz CT molecular complexity index is 321. The first-order chi connectivity index (χ1) is 7.75. The molecule has 6 nitrogen and oxygen atoms in total. The van der Waals surface area contributed by atoms with Gasteiger partial charge < -0.3 is 14.6 Å². The minimum Gasteiger partial charge on any atom is -0.374 e. The lowest BCUT2D eigenvalue weighted by atomic mass is 10.3. The fourth-order valence-corrected chi connectivity index (χ4v) is 1.84. The highest BCUT2D eigenvalue weighted by molar-refractivity contribution is 4.84. The van der Waals surface area contributed by atoms with Gasteiger partial charge in [-0.25, -0.2) is 0 Å². The number of rotatable bonds is 4. The average Bonchev–Trinajstić information content (AvgIpc) is 2.66. The van der Waals surface area contributed by atoms with E-state index in [0.29, 0.717) is 0 Å². The van der Waals surface area contributed by atoms with Crippen molar-refractivity contribution >= 4 is 0 Å². The second-order valence-electron chi connectivity index (χ2n) is 4.25. The van der Waals surface area contributed by atoms with Crippen molar-refractivity contribution in [2.45, 2.75) is 12.6 Å². The molecule has 1 N–H and O–H groups in total. The summed E-state index contributed by atoms with van der Waals surface area (Å²) < 4.78 is 7.59. The van der Waals surface area contributed by atoms with Crippen LogP contribution in [0.3, 0.4) is 0 Å². The van der Waals surface area contributed by atoms with E-state index < -0.39 is 0 Å². The Kier molecular flexibility index (Phi) is 3.87. The predicted molar refractivity (Wildman–Crippen MR) is 59.9 cm³/mol. The maximum absolute atomic E-state index is 5.65. The number of aromatic nitrogens is 3. The van der Waals surface area contributed by atoms with Crippen molar-refractivity contribution < 1.29 is 4.74 Å². The van der Waals surface area contributed by atoms with Crippen LogP contribution in [0, 0.1) is 0 Å².